The van der Waals surface area contributed by atoms with Gasteiger partial charge in [-0.05, 0) is 30.7 Å². The van der Waals surface area contributed by atoms with Gasteiger partial charge in [-0.1, -0.05) is 35.3 Å². The van der Waals surface area contributed by atoms with Gasteiger partial charge in [0.05, 0.1) is 10.7 Å². The third-order valence-electron chi connectivity index (χ3n) is 2.47. The van der Waals surface area contributed by atoms with Crippen LogP contribution in [0, 0.1) is 6.92 Å². The summed E-state index contributed by atoms with van der Waals surface area (Å²) < 4.78 is 26.8. The molecule has 0 spiro atoms. The SMILES string of the molecule is Cc1cccc(Cl)c1NS(=O)(=O)c1ccc(Cl)nc1. The van der Waals surface area contributed by atoms with E-state index in [1.807, 2.05) is 0 Å². The Hall–Kier alpha value is -1.30. The number of benzene rings is 1. The second-order valence-electron chi connectivity index (χ2n) is 3.85. The van der Waals surface area contributed by atoms with Gasteiger partial charge in [-0.3, -0.25) is 4.72 Å². The van der Waals surface area contributed by atoms with Gasteiger partial charge in [0, 0.05) is 6.20 Å². The highest BCUT2D eigenvalue weighted by molar-refractivity contribution is 7.92. The molecule has 7 heteroatoms. The smallest absolute Gasteiger partial charge is 0.263 e. The average Bonchev–Trinajstić information content (AvgIpc) is 2.35. The molecule has 100 valence electrons. The molecular formula is C12H10Cl2N2O2S. The molecule has 0 aliphatic heterocycles. The first-order valence-electron chi connectivity index (χ1n) is 5.29. The molecule has 0 atom stereocenters. The van der Waals surface area contributed by atoms with E-state index in [0.717, 1.165) is 5.56 Å². The van der Waals surface area contributed by atoms with Crippen LogP contribution in [0.1, 0.15) is 5.56 Å². The Morgan fingerprint density at radius 3 is 2.47 bits per heavy atom. The molecule has 2 aromatic rings. The highest BCUT2D eigenvalue weighted by Gasteiger charge is 2.17. The van der Waals surface area contributed by atoms with Gasteiger partial charge in [-0.15, -0.1) is 0 Å². The number of halogens is 2. The molecule has 0 saturated heterocycles. The Morgan fingerprint density at radius 2 is 1.89 bits per heavy atom. The Morgan fingerprint density at radius 1 is 1.16 bits per heavy atom. The topological polar surface area (TPSA) is 59.1 Å². The normalized spacial score (nSPS) is 11.3. The number of anilines is 1. The Bertz CT molecular complexity index is 680. The predicted molar refractivity (Wildman–Crippen MR) is 76.2 cm³/mol. The number of hydrogen-bond donors (Lipinski definition) is 1. The van der Waals surface area contributed by atoms with E-state index in [1.54, 1.807) is 25.1 Å². The number of pyridine rings is 1. The maximum atomic E-state index is 12.2. The third-order valence-corrected chi connectivity index (χ3v) is 4.34. The summed E-state index contributed by atoms with van der Waals surface area (Å²) in [5.74, 6) is 0. The van der Waals surface area contributed by atoms with Crippen molar-refractivity contribution in [2.24, 2.45) is 0 Å². The standard InChI is InChI=1S/C12H10Cl2N2O2S/c1-8-3-2-4-10(13)12(8)16-19(17,18)9-5-6-11(14)15-7-9/h2-7,16H,1H3. The number of hydrogen-bond acceptors (Lipinski definition) is 3. The van der Waals surface area contributed by atoms with Crippen molar-refractivity contribution in [2.75, 3.05) is 4.72 Å². The molecule has 1 N–H and O–H groups in total. The van der Waals surface area contributed by atoms with Gasteiger partial charge in [-0.25, -0.2) is 13.4 Å². The molecule has 19 heavy (non-hydrogen) atoms. The molecule has 1 heterocycles. The van der Waals surface area contributed by atoms with E-state index in [9.17, 15) is 8.42 Å². The fraction of sp³-hybridized carbons (Fsp3) is 0.0833. The molecule has 0 unspecified atom stereocenters. The van der Waals surface area contributed by atoms with Crippen molar-refractivity contribution >= 4 is 38.9 Å². The largest absolute Gasteiger partial charge is 0.278 e. The number of aromatic nitrogens is 1. The molecule has 0 radical (unpaired) electrons. The van der Waals surface area contributed by atoms with E-state index in [2.05, 4.69) is 9.71 Å². The lowest BCUT2D eigenvalue weighted by Crippen LogP contribution is -2.14. The zero-order valence-electron chi connectivity index (χ0n) is 9.89. The quantitative estimate of drug-likeness (QED) is 0.882. The fourth-order valence-electron chi connectivity index (χ4n) is 1.48. The minimum absolute atomic E-state index is 0.0243. The van der Waals surface area contributed by atoms with Gasteiger partial charge in [0.15, 0.2) is 0 Å². The van der Waals surface area contributed by atoms with Crippen LogP contribution in [-0.2, 0) is 10.0 Å². The van der Waals surface area contributed by atoms with Gasteiger partial charge in [0.25, 0.3) is 10.0 Å². The molecule has 2 rings (SSSR count). The predicted octanol–water partition coefficient (Wildman–Crippen LogP) is 3.50. The van der Waals surface area contributed by atoms with Gasteiger partial charge < -0.3 is 0 Å². The molecule has 0 aliphatic rings. The molecule has 0 aliphatic carbocycles. The van der Waals surface area contributed by atoms with Crippen LogP contribution in [0.5, 0.6) is 0 Å². The summed E-state index contributed by atoms with van der Waals surface area (Å²) in [6.45, 7) is 1.77. The highest BCUT2D eigenvalue weighted by atomic mass is 35.5. The first kappa shape index (κ1) is 14.1. The first-order chi connectivity index (χ1) is 8.90. The molecule has 0 saturated carbocycles. The third kappa shape index (κ3) is 3.18. The maximum absolute atomic E-state index is 12.2. The number of sulfonamides is 1. The van der Waals surface area contributed by atoms with Crippen LogP contribution >= 0.6 is 23.2 Å². The van der Waals surface area contributed by atoms with Gasteiger partial charge in [0.1, 0.15) is 10.0 Å². The molecule has 0 amide bonds. The van der Waals surface area contributed by atoms with Crippen LogP contribution in [0.2, 0.25) is 10.2 Å². The summed E-state index contributed by atoms with van der Waals surface area (Å²) in [4.78, 5) is 3.77. The number of nitrogens with one attached hydrogen (secondary N) is 1. The average molecular weight is 317 g/mol. The molecule has 4 nitrogen and oxygen atoms in total. The number of rotatable bonds is 3. The van der Waals surface area contributed by atoms with Gasteiger partial charge in [0.2, 0.25) is 0 Å². The highest BCUT2D eigenvalue weighted by Crippen LogP contribution is 2.27. The lowest BCUT2D eigenvalue weighted by atomic mass is 10.2. The minimum atomic E-state index is -3.73. The summed E-state index contributed by atoms with van der Waals surface area (Å²) in [6.07, 6.45) is 1.19. The second-order valence-corrected chi connectivity index (χ2v) is 6.33. The van der Waals surface area contributed by atoms with Crippen molar-refractivity contribution in [3.05, 3.63) is 52.3 Å². The number of para-hydroxylation sites is 1. The molecule has 1 aromatic heterocycles. The van der Waals surface area contributed by atoms with Crippen LogP contribution in [0.3, 0.4) is 0 Å². The molecule has 0 bridgehead atoms. The van der Waals surface area contributed by atoms with Crippen molar-refractivity contribution < 1.29 is 8.42 Å². The van der Waals surface area contributed by atoms with Crippen molar-refractivity contribution in [3.8, 4) is 0 Å². The summed E-state index contributed by atoms with van der Waals surface area (Å²) in [6, 6.07) is 7.93. The summed E-state index contributed by atoms with van der Waals surface area (Å²) in [5.41, 5.74) is 1.09. The Balaban J connectivity index is 2.39. The lowest BCUT2D eigenvalue weighted by Gasteiger charge is -2.11. The molecular weight excluding hydrogens is 307 g/mol. The van der Waals surface area contributed by atoms with Crippen molar-refractivity contribution in [1.29, 1.82) is 0 Å². The van der Waals surface area contributed by atoms with Crippen LogP contribution in [0.15, 0.2) is 41.4 Å². The van der Waals surface area contributed by atoms with E-state index in [-0.39, 0.29) is 10.0 Å². The van der Waals surface area contributed by atoms with Crippen molar-refractivity contribution in [2.45, 2.75) is 11.8 Å². The summed E-state index contributed by atoms with van der Waals surface area (Å²) >= 11 is 11.6. The second kappa shape index (κ2) is 5.36. The van der Waals surface area contributed by atoms with Crippen LogP contribution in [0.4, 0.5) is 5.69 Å². The zero-order valence-corrected chi connectivity index (χ0v) is 12.2. The van der Waals surface area contributed by atoms with E-state index in [1.165, 1.54) is 18.3 Å². The Labute approximate surface area is 121 Å². The number of nitrogens with zero attached hydrogens (tertiary/aromatic N) is 1. The Kier molecular flexibility index (Phi) is 3.99. The minimum Gasteiger partial charge on any atom is -0.278 e. The monoisotopic (exact) mass is 316 g/mol. The van der Waals surface area contributed by atoms with Crippen molar-refractivity contribution in [1.82, 2.24) is 4.98 Å². The van der Waals surface area contributed by atoms with Crippen LogP contribution in [0.25, 0.3) is 0 Å². The van der Waals surface area contributed by atoms with E-state index in [4.69, 9.17) is 23.2 Å². The van der Waals surface area contributed by atoms with Gasteiger partial charge in [-0.2, -0.15) is 0 Å². The summed E-state index contributed by atoms with van der Waals surface area (Å²) in [7, 11) is -3.73. The van der Waals surface area contributed by atoms with E-state index < -0.39 is 10.0 Å². The van der Waals surface area contributed by atoms with E-state index >= 15 is 0 Å². The first-order valence-corrected chi connectivity index (χ1v) is 7.53. The molecule has 1 aromatic carbocycles. The maximum Gasteiger partial charge on any atom is 0.263 e. The van der Waals surface area contributed by atoms with E-state index in [0.29, 0.717) is 10.7 Å². The fourth-order valence-corrected chi connectivity index (χ4v) is 3.01. The van der Waals surface area contributed by atoms with Gasteiger partial charge >= 0.3 is 0 Å². The number of aryl methyl sites for hydroxylation is 1. The van der Waals surface area contributed by atoms with Crippen LogP contribution in [-0.4, -0.2) is 13.4 Å². The lowest BCUT2D eigenvalue weighted by molar-refractivity contribution is 0.601. The molecule has 0 fully saturated rings. The summed E-state index contributed by atoms with van der Waals surface area (Å²) in [5, 5.41) is 0.568. The van der Waals surface area contributed by atoms with Crippen LogP contribution < -0.4 is 4.72 Å². The van der Waals surface area contributed by atoms with Crippen molar-refractivity contribution in [3.63, 3.8) is 0 Å². The zero-order chi connectivity index (χ0) is 14.0.